The molecule has 0 aliphatic rings. The second-order valence-electron chi connectivity index (χ2n) is 4.50. The first-order valence-corrected chi connectivity index (χ1v) is 8.45. The lowest BCUT2D eigenvalue weighted by Crippen LogP contribution is -2.07. The summed E-state index contributed by atoms with van der Waals surface area (Å²) in [6.45, 7) is 0. The fourth-order valence-electron chi connectivity index (χ4n) is 2.03. The molecule has 118 valence electrons. The van der Waals surface area contributed by atoms with E-state index in [-0.39, 0.29) is 5.91 Å². The SMILES string of the molecule is COc1ccc(OC)c2sc(NC(=O)C=Cc3cccs3)nc12. The van der Waals surface area contributed by atoms with E-state index in [0.29, 0.717) is 22.1 Å². The fourth-order valence-corrected chi connectivity index (χ4v) is 3.62. The van der Waals surface area contributed by atoms with Gasteiger partial charge in [-0.2, -0.15) is 0 Å². The molecular weight excluding hydrogens is 332 g/mol. The summed E-state index contributed by atoms with van der Waals surface area (Å²) >= 11 is 2.92. The van der Waals surface area contributed by atoms with E-state index in [9.17, 15) is 4.79 Å². The van der Waals surface area contributed by atoms with Crippen LogP contribution in [-0.2, 0) is 4.79 Å². The number of hydrogen-bond acceptors (Lipinski definition) is 6. The number of carbonyl (C=O) groups is 1. The number of benzene rings is 1. The van der Waals surface area contributed by atoms with Gasteiger partial charge in [-0.05, 0) is 29.7 Å². The first-order valence-electron chi connectivity index (χ1n) is 6.75. The van der Waals surface area contributed by atoms with Crippen molar-refractivity contribution in [3.05, 3.63) is 40.6 Å². The van der Waals surface area contributed by atoms with Crippen LogP contribution < -0.4 is 14.8 Å². The number of aromatic nitrogens is 1. The molecule has 23 heavy (non-hydrogen) atoms. The van der Waals surface area contributed by atoms with Crippen molar-refractivity contribution in [1.29, 1.82) is 0 Å². The van der Waals surface area contributed by atoms with Crippen LogP contribution in [0.25, 0.3) is 16.3 Å². The highest BCUT2D eigenvalue weighted by molar-refractivity contribution is 7.22. The maximum Gasteiger partial charge on any atom is 0.250 e. The van der Waals surface area contributed by atoms with Crippen molar-refractivity contribution >= 4 is 50.0 Å². The number of methoxy groups -OCH3 is 2. The van der Waals surface area contributed by atoms with Crippen molar-refractivity contribution in [2.24, 2.45) is 0 Å². The molecule has 0 fully saturated rings. The minimum absolute atomic E-state index is 0.226. The van der Waals surface area contributed by atoms with E-state index in [0.717, 1.165) is 9.58 Å². The van der Waals surface area contributed by atoms with Crippen LogP contribution in [0.5, 0.6) is 11.5 Å². The molecule has 0 bridgehead atoms. The normalized spacial score (nSPS) is 11.0. The van der Waals surface area contributed by atoms with E-state index in [4.69, 9.17) is 9.47 Å². The van der Waals surface area contributed by atoms with Crippen molar-refractivity contribution in [3.63, 3.8) is 0 Å². The number of carbonyl (C=O) groups excluding carboxylic acids is 1. The largest absolute Gasteiger partial charge is 0.495 e. The van der Waals surface area contributed by atoms with E-state index < -0.39 is 0 Å². The van der Waals surface area contributed by atoms with Crippen LogP contribution in [0.3, 0.4) is 0 Å². The Morgan fingerprint density at radius 1 is 1.22 bits per heavy atom. The van der Waals surface area contributed by atoms with Gasteiger partial charge in [0.05, 0.1) is 14.2 Å². The summed E-state index contributed by atoms with van der Waals surface area (Å²) in [6.07, 6.45) is 3.26. The number of thiophene rings is 1. The molecule has 0 aliphatic carbocycles. The van der Waals surface area contributed by atoms with Gasteiger partial charge in [-0.25, -0.2) is 4.98 Å². The number of anilines is 1. The lowest BCUT2D eigenvalue weighted by Gasteiger charge is -2.03. The summed E-state index contributed by atoms with van der Waals surface area (Å²) in [4.78, 5) is 17.5. The second kappa shape index (κ2) is 6.80. The monoisotopic (exact) mass is 346 g/mol. The highest BCUT2D eigenvalue weighted by Crippen LogP contribution is 2.38. The molecule has 0 radical (unpaired) electrons. The van der Waals surface area contributed by atoms with Crippen molar-refractivity contribution in [2.45, 2.75) is 0 Å². The van der Waals surface area contributed by atoms with Gasteiger partial charge in [-0.1, -0.05) is 17.4 Å². The third-order valence-corrected chi connectivity index (χ3v) is 4.91. The molecule has 1 amide bonds. The maximum atomic E-state index is 12.0. The number of hydrogen-bond donors (Lipinski definition) is 1. The summed E-state index contributed by atoms with van der Waals surface area (Å²) in [5.74, 6) is 1.12. The molecule has 5 nitrogen and oxygen atoms in total. The molecule has 0 aliphatic heterocycles. The van der Waals surface area contributed by atoms with E-state index in [1.807, 2.05) is 23.6 Å². The number of thiazole rings is 1. The van der Waals surface area contributed by atoms with Gasteiger partial charge in [0.15, 0.2) is 5.13 Å². The first kappa shape index (κ1) is 15.5. The quantitative estimate of drug-likeness (QED) is 0.709. The zero-order valence-electron chi connectivity index (χ0n) is 12.5. The van der Waals surface area contributed by atoms with Crippen molar-refractivity contribution in [1.82, 2.24) is 4.98 Å². The number of fused-ring (bicyclic) bond motifs is 1. The Labute approximate surface area is 141 Å². The van der Waals surface area contributed by atoms with E-state index >= 15 is 0 Å². The Morgan fingerprint density at radius 2 is 2.00 bits per heavy atom. The average Bonchev–Trinajstić information content (AvgIpc) is 3.21. The molecule has 0 spiro atoms. The Balaban J connectivity index is 1.84. The molecule has 0 saturated heterocycles. The summed E-state index contributed by atoms with van der Waals surface area (Å²) in [5, 5.41) is 5.24. The predicted molar refractivity (Wildman–Crippen MR) is 94.7 cm³/mol. The molecule has 2 heterocycles. The lowest BCUT2D eigenvalue weighted by atomic mass is 10.3. The van der Waals surface area contributed by atoms with E-state index in [1.54, 1.807) is 37.7 Å². The molecule has 0 unspecified atom stereocenters. The highest BCUT2D eigenvalue weighted by Gasteiger charge is 2.14. The summed E-state index contributed by atoms with van der Waals surface area (Å²) in [7, 11) is 3.19. The zero-order chi connectivity index (χ0) is 16.2. The predicted octanol–water partition coefficient (Wildman–Crippen LogP) is 4.03. The number of nitrogens with zero attached hydrogens (tertiary/aromatic N) is 1. The summed E-state index contributed by atoms with van der Waals surface area (Å²) < 4.78 is 11.5. The fraction of sp³-hybridized carbons (Fsp3) is 0.125. The van der Waals surface area contributed by atoms with Gasteiger partial charge < -0.3 is 9.47 Å². The van der Waals surface area contributed by atoms with Crippen LogP contribution in [0, 0.1) is 0 Å². The average molecular weight is 346 g/mol. The Hall–Kier alpha value is -2.38. The molecular formula is C16H14N2O3S2. The van der Waals surface area contributed by atoms with Gasteiger partial charge in [0.25, 0.3) is 0 Å². The second-order valence-corrected chi connectivity index (χ2v) is 6.48. The van der Waals surface area contributed by atoms with Crippen LogP contribution in [0.15, 0.2) is 35.7 Å². The van der Waals surface area contributed by atoms with Crippen LogP contribution in [0.1, 0.15) is 4.88 Å². The minimum Gasteiger partial charge on any atom is -0.495 e. The zero-order valence-corrected chi connectivity index (χ0v) is 14.2. The number of ether oxygens (including phenoxy) is 2. The molecule has 0 atom stereocenters. The van der Waals surface area contributed by atoms with Crippen LogP contribution in [-0.4, -0.2) is 25.1 Å². The van der Waals surface area contributed by atoms with E-state index in [1.165, 1.54) is 17.4 Å². The number of amides is 1. The lowest BCUT2D eigenvalue weighted by molar-refractivity contribution is -0.111. The smallest absolute Gasteiger partial charge is 0.250 e. The summed E-state index contributed by atoms with van der Waals surface area (Å²) in [5.41, 5.74) is 0.675. The molecule has 3 aromatic rings. The topological polar surface area (TPSA) is 60.5 Å². The van der Waals surface area contributed by atoms with Crippen LogP contribution in [0.4, 0.5) is 5.13 Å². The number of nitrogens with one attached hydrogen (secondary N) is 1. The summed E-state index contributed by atoms with van der Waals surface area (Å²) in [6, 6.07) is 7.50. The molecule has 1 N–H and O–H groups in total. The molecule has 2 aromatic heterocycles. The van der Waals surface area contributed by atoms with Crippen LogP contribution >= 0.6 is 22.7 Å². The van der Waals surface area contributed by atoms with Gasteiger partial charge in [0.1, 0.15) is 21.7 Å². The molecule has 0 saturated carbocycles. The molecule has 7 heteroatoms. The third-order valence-electron chi connectivity index (χ3n) is 3.08. The minimum atomic E-state index is -0.226. The molecule has 1 aromatic carbocycles. The Morgan fingerprint density at radius 3 is 2.70 bits per heavy atom. The molecule has 3 rings (SSSR count). The van der Waals surface area contributed by atoms with Gasteiger partial charge in [-0.15, -0.1) is 11.3 Å². The Bertz CT molecular complexity index is 813. The third kappa shape index (κ3) is 3.35. The van der Waals surface area contributed by atoms with Gasteiger partial charge in [0.2, 0.25) is 5.91 Å². The van der Waals surface area contributed by atoms with Gasteiger partial charge in [0, 0.05) is 11.0 Å². The van der Waals surface area contributed by atoms with Crippen molar-refractivity contribution < 1.29 is 14.3 Å². The van der Waals surface area contributed by atoms with Gasteiger partial charge >= 0.3 is 0 Å². The van der Waals surface area contributed by atoms with E-state index in [2.05, 4.69) is 10.3 Å². The maximum absolute atomic E-state index is 12.0. The Kier molecular flexibility index (Phi) is 4.59. The highest BCUT2D eigenvalue weighted by atomic mass is 32.1. The van der Waals surface area contributed by atoms with Gasteiger partial charge in [-0.3, -0.25) is 10.1 Å². The first-order chi connectivity index (χ1) is 11.2. The van der Waals surface area contributed by atoms with Crippen molar-refractivity contribution in [3.8, 4) is 11.5 Å². The number of rotatable bonds is 5. The standard InChI is InChI=1S/C16H14N2O3S2/c1-20-11-6-7-12(21-2)15-14(11)18-16(23-15)17-13(19)8-5-10-4-3-9-22-10/h3-9H,1-2H3,(H,17,18,19). The van der Waals surface area contributed by atoms with Crippen LogP contribution in [0.2, 0.25) is 0 Å². The van der Waals surface area contributed by atoms with Crippen molar-refractivity contribution in [2.75, 3.05) is 19.5 Å².